The van der Waals surface area contributed by atoms with Crippen molar-refractivity contribution in [3.05, 3.63) is 53.1 Å². The summed E-state index contributed by atoms with van der Waals surface area (Å²) in [5.74, 6) is 1.41. The number of halogens is 1. The van der Waals surface area contributed by atoms with E-state index in [0.29, 0.717) is 5.82 Å². The number of methoxy groups -OCH3 is 1. The number of anilines is 2. The smallest absolute Gasteiger partial charge is 0.224 e. The van der Waals surface area contributed by atoms with Gasteiger partial charge in [-0.2, -0.15) is 4.98 Å². The van der Waals surface area contributed by atoms with E-state index in [0.717, 1.165) is 33.0 Å². The Bertz CT molecular complexity index is 1060. The lowest BCUT2D eigenvalue weighted by Gasteiger charge is -2.12. The average Bonchev–Trinajstić information content (AvgIpc) is 3.23. The van der Waals surface area contributed by atoms with Crippen LogP contribution < -0.4 is 10.1 Å². The topological polar surface area (TPSA) is 64.9 Å². The van der Waals surface area contributed by atoms with E-state index in [2.05, 4.69) is 20.3 Å². The summed E-state index contributed by atoms with van der Waals surface area (Å²) in [4.78, 5) is 12.8. The number of ether oxygens (including phenoxy) is 1. The highest BCUT2D eigenvalue weighted by atomic mass is 35.5. The third-order valence-corrected chi connectivity index (χ3v) is 4.79. The number of benzene rings is 1. The van der Waals surface area contributed by atoms with Crippen molar-refractivity contribution in [2.24, 2.45) is 0 Å². The van der Waals surface area contributed by atoms with Crippen LogP contribution in [0.4, 0.5) is 11.5 Å². The summed E-state index contributed by atoms with van der Waals surface area (Å²) in [5, 5.41) is 5.48. The fraction of sp³-hybridized carbons (Fsp3) is 0.118. The molecule has 8 heteroatoms. The number of imidazole rings is 1. The predicted octanol–water partition coefficient (Wildman–Crippen LogP) is 4.59. The summed E-state index contributed by atoms with van der Waals surface area (Å²) in [6, 6.07) is 7.77. The molecule has 0 atom stereocenters. The lowest BCUT2D eigenvalue weighted by atomic mass is 10.2. The number of nitrogens with one attached hydrogen (secondary N) is 1. The number of rotatable bonds is 4. The summed E-state index contributed by atoms with van der Waals surface area (Å²) >= 11 is 7.59. The van der Waals surface area contributed by atoms with Gasteiger partial charge in [0.1, 0.15) is 5.75 Å². The maximum atomic E-state index is 6.02. The zero-order valence-electron chi connectivity index (χ0n) is 13.5. The quantitative estimate of drug-likeness (QED) is 0.531. The van der Waals surface area contributed by atoms with E-state index < -0.39 is 0 Å². The second kappa shape index (κ2) is 6.34. The van der Waals surface area contributed by atoms with Crippen LogP contribution >= 0.6 is 22.9 Å². The van der Waals surface area contributed by atoms with Gasteiger partial charge in [0.05, 0.1) is 35.0 Å². The molecule has 3 aromatic heterocycles. The summed E-state index contributed by atoms with van der Waals surface area (Å²) < 4.78 is 8.42. The number of nitrogens with zero attached hydrogens (tertiary/aromatic N) is 4. The highest BCUT2D eigenvalue weighted by Gasteiger charge is 2.11. The first-order valence-corrected chi connectivity index (χ1v) is 8.76. The summed E-state index contributed by atoms with van der Waals surface area (Å²) in [6.07, 6.45) is 3.71. The molecule has 4 aromatic rings. The van der Waals surface area contributed by atoms with Crippen LogP contribution in [0, 0.1) is 6.92 Å². The molecule has 0 amide bonds. The number of hydrogen-bond donors (Lipinski definition) is 1. The van der Waals surface area contributed by atoms with E-state index in [-0.39, 0.29) is 5.28 Å². The van der Waals surface area contributed by atoms with Gasteiger partial charge in [0, 0.05) is 18.0 Å². The van der Waals surface area contributed by atoms with Crippen LogP contribution in [-0.4, -0.2) is 26.6 Å². The first kappa shape index (κ1) is 15.9. The predicted molar refractivity (Wildman–Crippen MR) is 101 cm³/mol. The maximum absolute atomic E-state index is 6.02. The summed E-state index contributed by atoms with van der Waals surface area (Å²) in [6.45, 7) is 1.95. The Balaban J connectivity index is 1.72. The second-order valence-electron chi connectivity index (χ2n) is 5.41. The molecule has 0 fully saturated rings. The Morgan fingerprint density at radius 3 is 2.88 bits per heavy atom. The number of aryl methyl sites for hydroxylation is 1. The minimum absolute atomic E-state index is 0.214. The molecule has 0 saturated carbocycles. The van der Waals surface area contributed by atoms with E-state index in [1.807, 2.05) is 47.3 Å². The van der Waals surface area contributed by atoms with Gasteiger partial charge in [0.15, 0.2) is 5.82 Å². The van der Waals surface area contributed by atoms with Crippen LogP contribution in [0.25, 0.3) is 15.9 Å². The number of aromatic nitrogens is 4. The largest absolute Gasteiger partial charge is 0.494 e. The SMILES string of the molecule is COc1cc(Nc2nc(Cl)nc3ccsc23)ccc1-n1cnc(C)c1. The van der Waals surface area contributed by atoms with Crippen molar-refractivity contribution in [1.29, 1.82) is 0 Å². The molecule has 0 aliphatic heterocycles. The van der Waals surface area contributed by atoms with Gasteiger partial charge < -0.3 is 14.6 Å². The lowest BCUT2D eigenvalue weighted by Crippen LogP contribution is -1.99. The van der Waals surface area contributed by atoms with Gasteiger partial charge in [-0.1, -0.05) is 0 Å². The molecule has 1 aromatic carbocycles. The standard InChI is InChI=1S/C17H14ClN5OS/c1-10-8-23(9-19-10)13-4-3-11(7-14(13)24-2)20-16-15-12(5-6-25-15)21-17(18)22-16/h3-9H,1-2H3,(H,20,21,22). The average molecular weight is 372 g/mol. The molecule has 0 spiro atoms. The summed E-state index contributed by atoms with van der Waals surface area (Å²) in [5.41, 5.74) is 3.53. The van der Waals surface area contributed by atoms with Gasteiger partial charge in [-0.05, 0) is 42.1 Å². The van der Waals surface area contributed by atoms with E-state index in [9.17, 15) is 0 Å². The molecule has 0 saturated heterocycles. The third kappa shape index (κ3) is 3.04. The molecule has 0 unspecified atom stereocenters. The Morgan fingerprint density at radius 2 is 2.12 bits per heavy atom. The van der Waals surface area contributed by atoms with Crippen molar-refractivity contribution in [3.63, 3.8) is 0 Å². The zero-order chi connectivity index (χ0) is 17.4. The molecule has 4 rings (SSSR count). The van der Waals surface area contributed by atoms with Gasteiger partial charge in [-0.25, -0.2) is 9.97 Å². The Hall–Kier alpha value is -2.64. The fourth-order valence-electron chi connectivity index (χ4n) is 2.58. The normalized spacial score (nSPS) is 11.0. The Morgan fingerprint density at radius 1 is 1.24 bits per heavy atom. The van der Waals surface area contributed by atoms with E-state index >= 15 is 0 Å². The molecule has 0 aliphatic carbocycles. The van der Waals surface area contributed by atoms with Gasteiger partial charge >= 0.3 is 0 Å². The van der Waals surface area contributed by atoms with Gasteiger partial charge in [-0.3, -0.25) is 0 Å². The second-order valence-corrected chi connectivity index (χ2v) is 6.66. The Labute approximate surface area is 153 Å². The lowest BCUT2D eigenvalue weighted by molar-refractivity contribution is 0.413. The van der Waals surface area contributed by atoms with E-state index in [4.69, 9.17) is 16.3 Å². The van der Waals surface area contributed by atoms with E-state index in [1.54, 1.807) is 24.8 Å². The monoisotopic (exact) mass is 371 g/mol. The molecule has 1 N–H and O–H groups in total. The highest BCUT2D eigenvalue weighted by Crippen LogP contribution is 2.32. The van der Waals surface area contributed by atoms with Crippen molar-refractivity contribution >= 4 is 44.7 Å². The van der Waals surface area contributed by atoms with Crippen molar-refractivity contribution in [1.82, 2.24) is 19.5 Å². The first-order chi connectivity index (χ1) is 12.1. The van der Waals surface area contributed by atoms with E-state index in [1.165, 1.54) is 0 Å². The Kier molecular flexibility index (Phi) is 4.03. The van der Waals surface area contributed by atoms with Crippen molar-refractivity contribution in [2.45, 2.75) is 6.92 Å². The van der Waals surface area contributed by atoms with Gasteiger partial charge in [0.25, 0.3) is 0 Å². The molecular formula is C17H14ClN5OS. The minimum Gasteiger partial charge on any atom is -0.494 e. The molecule has 126 valence electrons. The third-order valence-electron chi connectivity index (χ3n) is 3.71. The van der Waals surface area contributed by atoms with Crippen molar-refractivity contribution in [2.75, 3.05) is 12.4 Å². The van der Waals surface area contributed by atoms with Gasteiger partial charge in [-0.15, -0.1) is 11.3 Å². The van der Waals surface area contributed by atoms with Crippen molar-refractivity contribution in [3.8, 4) is 11.4 Å². The van der Waals surface area contributed by atoms with Crippen LogP contribution in [-0.2, 0) is 0 Å². The van der Waals surface area contributed by atoms with Crippen LogP contribution in [0.5, 0.6) is 5.75 Å². The molecule has 3 heterocycles. The van der Waals surface area contributed by atoms with Crippen LogP contribution in [0.3, 0.4) is 0 Å². The molecule has 6 nitrogen and oxygen atoms in total. The van der Waals surface area contributed by atoms with Crippen LogP contribution in [0.1, 0.15) is 5.69 Å². The van der Waals surface area contributed by atoms with Crippen LogP contribution in [0.2, 0.25) is 5.28 Å². The van der Waals surface area contributed by atoms with Gasteiger partial charge in [0.2, 0.25) is 5.28 Å². The minimum atomic E-state index is 0.214. The number of fused-ring (bicyclic) bond motifs is 1. The van der Waals surface area contributed by atoms with Crippen LogP contribution in [0.15, 0.2) is 42.2 Å². The highest BCUT2D eigenvalue weighted by molar-refractivity contribution is 7.17. The van der Waals surface area contributed by atoms with Crippen molar-refractivity contribution < 1.29 is 4.74 Å². The zero-order valence-corrected chi connectivity index (χ0v) is 15.1. The fourth-order valence-corrected chi connectivity index (χ4v) is 3.53. The first-order valence-electron chi connectivity index (χ1n) is 7.51. The molecular weight excluding hydrogens is 358 g/mol. The number of thiophene rings is 1. The molecule has 0 radical (unpaired) electrons. The number of hydrogen-bond acceptors (Lipinski definition) is 6. The molecule has 0 aliphatic rings. The summed E-state index contributed by atoms with van der Waals surface area (Å²) in [7, 11) is 1.64. The molecule has 0 bridgehead atoms. The molecule has 25 heavy (non-hydrogen) atoms. The maximum Gasteiger partial charge on any atom is 0.224 e.